The minimum absolute atomic E-state index is 0.118. The van der Waals surface area contributed by atoms with E-state index >= 15 is 0 Å². The lowest BCUT2D eigenvalue weighted by Gasteiger charge is -2.31. The fourth-order valence-corrected chi connectivity index (χ4v) is 5.88. The number of aryl methyl sites for hydroxylation is 2. The quantitative estimate of drug-likeness (QED) is 0.567. The number of sulfonamides is 1. The van der Waals surface area contributed by atoms with E-state index in [1.807, 2.05) is 31.2 Å². The van der Waals surface area contributed by atoms with E-state index in [4.69, 9.17) is 9.26 Å². The highest BCUT2D eigenvalue weighted by atomic mass is 32.2. The summed E-state index contributed by atoms with van der Waals surface area (Å²) in [5.74, 6) is 0.962. The topological polar surface area (TPSA) is 106 Å². The van der Waals surface area contributed by atoms with Gasteiger partial charge in [-0.2, -0.15) is 9.29 Å². The van der Waals surface area contributed by atoms with E-state index < -0.39 is 10.0 Å². The van der Waals surface area contributed by atoms with Crippen LogP contribution in [-0.4, -0.2) is 41.9 Å². The number of carbonyl (C=O) groups is 1. The van der Waals surface area contributed by atoms with Gasteiger partial charge in [0.25, 0.3) is 5.91 Å². The molecule has 2 aromatic carbocycles. The van der Waals surface area contributed by atoms with Crippen molar-refractivity contribution in [3.63, 3.8) is 0 Å². The third-order valence-electron chi connectivity index (χ3n) is 6.03. The summed E-state index contributed by atoms with van der Waals surface area (Å²) in [6.45, 7) is 4.31. The van der Waals surface area contributed by atoms with Gasteiger partial charge in [-0.05, 0) is 36.1 Å². The number of hydrogen-bond acceptors (Lipinski definition) is 7. The van der Waals surface area contributed by atoms with Crippen molar-refractivity contribution in [1.29, 1.82) is 0 Å². The molecule has 0 fully saturated rings. The molecule has 2 aliphatic heterocycles. The molecule has 0 aliphatic carbocycles. The van der Waals surface area contributed by atoms with E-state index in [1.54, 1.807) is 13.0 Å². The Morgan fingerprint density at radius 1 is 1.15 bits per heavy atom. The molecule has 9 nitrogen and oxygen atoms in total. The van der Waals surface area contributed by atoms with E-state index in [0.29, 0.717) is 54.6 Å². The zero-order chi connectivity index (χ0) is 23.2. The second kappa shape index (κ2) is 8.27. The predicted molar refractivity (Wildman–Crippen MR) is 119 cm³/mol. The van der Waals surface area contributed by atoms with Crippen LogP contribution >= 0.6 is 0 Å². The molecule has 5 rings (SSSR count). The summed E-state index contributed by atoms with van der Waals surface area (Å²) >= 11 is 0. The molecule has 172 valence electrons. The molecule has 1 aromatic heterocycles. The Bertz CT molecular complexity index is 1330. The first-order chi connectivity index (χ1) is 15.9. The van der Waals surface area contributed by atoms with E-state index in [2.05, 4.69) is 10.1 Å². The molecule has 3 aromatic rings. The molecule has 0 saturated heterocycles. The monoisotopic (exact) mass is 468 g/mol. The van der Waals surface area contributed by atoms with Crippen molar-refractivity contribution in [3.05, 3.63) is 64.8 Å². The van der Waals surface area contributed by atoms with Crippen LogP contribution in [-0.2, 0) is 40.7 Å². The minimum atomic E-state index is -3.75. The third kappa shape index (κ3) is 3.89. The van der Waals surface area contributed by atoms with Gasteiger partial charge < -0.3 is 9.26 Å². The van der Waals surface area contributed by atoms with Crippen LogP contribution in [0.5, 0.6) is 5.75 Å². The maximum Gasteiger partial charge on any atom is 0.265 e. The first-order valence-corrected chi connectivity index (χ1v) is 12.3. The maximum absolute atomic E-state index is 13.5. The van der Waals surface area contributed by atoms with Gasteiger partial charge in [-0.25, -0.2) is 8.42 Å². The molecule has 2 aliphatic rings. The molecule has 0 spiro atoms. The van der Waals surface area contributed by atoms with E-state index in [0.717, 1.165) is 5.56 Å². The van der Waals surface area contributed by atoms with Gasteiger partial charge in [0.2, 0.25) is 15.9 Å². The molecule has 0 unspecified atom stereocenters. The fourth-order valence-electron chi connectivity index (χ4n) is 4.24. The summed E-state index contributed by atoms with van der Waals surface area (Å²) in [6.07, 6.45) is 1.27. The zero-order valence-corrected chi connectivity index (χ0v) is 19.3. The van der Waals surface area contributed by atoms with Gasteiger partial charge in [0, 0.05) is 25.6 Å². The summed E-state index contributed by atoms with van der Waals surface area (Å²) in [5, 5.41) is 3.92. The standard InChI is InChI=1S/C23H24N4O5S/c1-3-22-24-21(25-32-22)13-27-18-10-15(2)20(11-19(18)31-14-23(27)28)33(29,30)26-9-8-16-6-4-5-7-17(16)12-26/h4-7,10-11H,3,8-9,12-14H2,1-2H3. The largest absolute Gasteiger partial charge is 0.482 e. The number of nitrogens with zero attached hydrogens (tertiary/aromatic N) is 4. The minimum Gasteiger partial charge on any atom is -0.482 e. The number of fused-ring (bicyclic) bond motifs is 2. The van der Waals surface area contributed by atoms with Gasteiger partial charge in [0.1, 0.15) is 5.75 Å². The van der Waals surface area contributed by atoms with Crippen LogP contribution in [0.3, 0.4) is 0 Å². The molecule has 1 amide bonds. The number of ether oxygens (including phenoxy) is 1. The number of hydrogen-bond donors (Lipinski definition) is 0. The fraction of sp³-hybridized carbons (Fsp3) is 0.348. The lowest BCUT2D eigenvalue weighted by molar-refractivity contribution is -0.121. The van der Waals surface area contributed by atoms with Gasteiger partial charge >= 0.3 is 0 Å². The molecule has 0 radical (unpaired) electrons. The SMILES string of the molecule is CCc1nc(CN2C(=O)COc3cc(S(=O)(=O)N4CCc5ccccc5C4)c(C)cc32)no1. The van der Waals surface area contributed by atoms with Crippen molar-refractivity contribution >= 4 is 21.6 Å². The maximum atomic E-state index is 13.5. The lowest BCUT2D eigenvalue weighted by Crippen LogP contribution is -2.39. The number of amides is 1. The Balaban J connectivity index is 1.47. The molecule has 33 heavy (non-hydrogen) atoms. The van der Waals surface area contributed by atoms with E-state index in [1.165, 1.54) is 20.8 Å². The second-order valence-electron chi connectivity index (χ2n) is 8.17. The van der Waals surface area contributed by atoms with Crippen molar-refractivity contribution in [3.8, 4) is 5.75 Å². The molecule has 3 heterocycles. The number of benzene rings is 2. The summed E-state index contributed by atoms with van der Waals surface area (Å²) in [6, 6.07) is 11.1. The average Bonchev–Trinajstić information content (AvgIpc) is 3.28. The van der Waals surface area contributed by atoms with Crippen molar-refractivity contribution in [2.45, 2.75) is 44.7 Å². The van der Waals surface area contributed by atoms with Crippen molar-refractivity contribution < 1.29 is 22.5 Å². The molecular weight excluding hydrogens is 444 g/mol. The Hall–Kier alpha value is -3.24. The molecule has 0 N–H and O–H groups in total. The van der Waals surface area contributed by atoms with Gasteiger partial charge in [0.15, 0.2) is 12.4 Å². The highest BCUT2D eigenvalue weighted by Crippen LogP contribution is 2.38. The predicted octanol–water partition coefficient (Wildman–Crippen LogP) is 2.61. The van der Waals surface area contributed by atoms with Crippen LogP contribution < -0.4 is 9.64 Å². The van der Waals surface area contributed by atoms with Crippen LogP contribution in [0.1, 0.15) is 35.3 Å². The first-order valence-electron chi connectivity index (χ1n) is 10.8. The highest BCUT2D eigenvalue weighted by Gasteiger charge is 2.33. The number of anilines is 1. The molecule has 0 atom stereocenters. The average molecular weight is 469 g/mol. The summed E-state index contributed by atoms with van der Waals surface area (Å²) in [4.78, 5) is 18.5. The Labute approximate surface area is 192 Å². The third-order valence-corrected chi connectivity index (χ3v) is 8.01. The normalized spacial score (nSPS) is 16.3. The van der Waals surface area contributed by atoms with Crippen molar-refractivity contribution in [2.24, 2.45) is 0 Å². The van der Waals surface area contributed by atoms with Gasteiger partial charge in [-0.3, -0.25) is 9.69 Å². The van der Waals surface area contributed by atoms with Crippen LogP contribution in [0.2, 0.25) is 0 Å². The van der Waals surface area contributed by atoms with Crippen LogP contribution in [0.15, 0.2) is 45.8 Å². The van der Waals surface area contributed by atoms with Crippen molar-refractivity contribution in [2.75, 3.05) is 18.1 Å². The summed E-state index contributed by atoms with van der Waals surface area (Å²) in [5.41, 5.74) is 3.23. The first kappa shape index (κ1) is 21.6. The Kier molecular flexibility index (Phi) is 5.41. The molecule has 10 heteroatoms. The highest BCUT2D eigenvalue weighted by molar-refractivity contribution is 7.89. The Morgan fingerprint density at radius 3 is 2.70 bits per heavy atom. The number of carbonyl (C=O) groups excluding carboxylic acids is 1. The number of rotatable bonds is 5. The van der Waals surface area contributed by atoms with Gasteiger partial charge in [-0.1, -0.05) is 36.3 Å². The van der Waals surface area contributed by atoms with E-state index in [9.17, 15) is 13.2 Å². The van der Waals surface area contributed by atoms with Gasteiger partial charge in [-0.15, -0.1) is 0 Å². The second-order valence-corrected chi connectivity index (χ2v) is 10.1. The summed E-state index contributed by atoms with van der Waals surface area (Å²) < 4.78 is 39.3. The van der Waals surface area contributed by atoms with Crippen LogP contribution in [0.25, 0.3) is 0 Å². The van der Waals surface area contributed by atoms with Crippen LogP contribution in [0.4, 0.5) is 5.69 Å². The van der Waals surface area contributed by atoms with Gasteiger partial charge in [0.05, 0.1) is 17.1 Å². The van der Waals surface area contributed by atoms with E-state index in [-0.39, 0.29) is 24.0 Å². The summed E-state index contributed by atoms with van der Waals surface area (Å²) in [7, 11) is -3.75. The smallest absolute Gasteiger partial charge is 0.265 e. The molecule has 0 saturated carbocycles. The van der Waals surface area contributed by atoms with Crippen molar-refractivity contribution in [1.82, 2.24) is 14.4 Å². The molecular formula is C23H24N4O5S. The van der Waals surface area contributed by atoms with Crippen LogP contribution in [0, 0.1) is 6.92 Å². The number of aromatic nitrogens is 2. The Morgan fingerprint density at radius 2 is 1.94 bits per heavy atom. The lowest BCUT2D eigenvalue weighted by atomic mass is 10.0. The molecule has 0 bridgehead atoms. The zero-order valence-electron chi connectivity index (χ0n) is 18.4.